The third-order valence-electron chi connectivity index (χ3n) is 3.75. The van der Waals surface area contributed by atoms with Crippen LogP contribution in [-0.4, -0.2) is 34.5 Å². The van der Waals surface area contributed by atoms with Gasteiger partial charge in [0.1, 0.15) is 11.9 Å². The number of rotatable bonds is 2. The molecule has 1 aromatic rings. The Morgan fingerprint density at radius 1 is 1.28 bits per heavy atom. The molecule has 0 spiro atoms. The second kappa shape index (κ2) is 3.80. The van der Waals surface area contributed by atoms with E-state index in [4.69, 9.17) is 5.11 Å². The Kier molecular flexibility index (Phi) is 2.36. The summed E-state index contributed by atoms with van der Waals surface area (Å²) in [5, 5.41) is 9.17. The first kappa shape index (κ1) is 11.2. The van der Waals surface area contributed by atoms with Crippen molar-refractivity contribution in [2.24, 2.45) is 11.8 Å². The Bertz CT molecular complexity index is 513. The first-order chi connectivity index (χ1) is 8.58. The minimum absolute atomic E-state index is 0.104. The highest BCUT2D eigenvalue weighted by molar-refractivity contribution is 5.97. The molecule has 0 aromatic heterocycles. The Morgan fingerprint density at radius 3 is 2.56 bits per heavy atom. The zero-order valence-corrected chi connectivity index (χ0v) is 9.54. The molecule has 1 amide bonds. The monoisotopic (exact) mass is 249 g/mol. The highest BCUT2D eigenvalue weighted by Crippen LogP contribution is 2.49. The molecule has 0 bridgehead atoms. The number of hydrogen-bond donors (Lipinski definition) is 1. The van der Waals surface area contributed by atoms with Crippen LogP contribution < -0.4 is 0 Å². The summed E-state index contributed by atoms with van der Waals surface area (Å²) >= 11 is 0. The van der Waals surface area contributed by atoms with Gasteiger partial charge in [0.05, 0.1) is 0 Å². The van der Waals surface area contributed by atoms with Gasteiger partial charge in [-0.2, -0.15) is 0 Å². The number of halogens is 1. The molecule has 5 heteroatoms. The van der Waals surface area contributed by atoms with Crippen molar-refractivity contribution in [2.75, 3.05) is 6.54 Å². The van der Waals surface area contributed by atoms with E-state index in [1.165, 1.54) is 29.2 Å². The molecular weight excluding hydrogens is 237 g/mol. The summed E-state index contributed by atoms with van der Waals surface area (Å²) in [6.45, 7) is 0.498. The first-order valence-corrected chi connectivity index (χ1v) is 5.87. The number of carbonyl (C=O) groups excluding carboxylic acids is 1. The van der Waals surface area contributed by atoms with Gasteiger partial charge >= 0.3 is 5.97 Å². The lowest BCUT2D eigenvalue weighted by molar-refractivity contribution is -0.142. The Morgan fingerprint density at radius 2 is 1.94 bits per heavy atom. The third-order valence-corrected chi connectivity index (χ3v) is 3.75. The summed E-state index contributed by atoms with van der Waals surface area (Å²) in [6, 6.07) is 4.48. The molecule has 3 rings (SSSR count). The normalized spacial score (nSPS) is 28.9. The van der Waals surface area contributed by atoms with Gasteiger partial charge in [0, 0.05) is 12.1 Å². The van der Waals surface area contributed by atoms with E-state index >= 15 is 0 Å². The second-order valence-corrected chi connectivity index (χ2v) is 4.91. The summed E-state index contributed by atoms with van der Waals surface area (Å²) in [5.41, 5.74) is 0.337. The Hall–Kier alpha value is -1.91. The number of fused-ring (bicyclic) bond motifs is 1. The minimum Gasteiger partial charge on any atom is -0.480 e. The maximum Gasteiger partial charge on any atom is 0.326 e. The number of carbonyl (C=O) groups is 2. The summed E-state index contributed by atoms with van der Waals surface area (Å²) in [4.78, 5) is 24.8. The standard InChI is InChI=1S/C13H12FNO3/c14-9-3-1-7(2-4-9)12(16)15-6-8-5-10(8)11(15)13(17)18/h1-4,8,10-11H,5-6H2,(H,17,18)/t8-,10-,11-/m1/s1. The van der Waals surface area contributed by atoms with E-state index in [-0.39, 0.29) is 11.8 Å². The summed E-state index contributed by atoms with van der Waals surface area (Å²) in [5.74, 6) is -1.25. The molecule has 4 nitrogen and oxygen atoms in total. The molecule has 1 aromatic carbocycles. The Labute approximate surface area is 103 Å². The molecule has 3 atom stereocenters. The number of benzene rings is 1. The summed E-state index contributed by atoms with van der Waals surface area (Å²) < 4.78 is 12.8. The van der Waals surface area contributed by atoms with Crippen LogP contribution in [0.5, 0.6) is 0 Å². The molecule has 2 aliphatic rings. The van der Waals surface area contributed by atoms with Gasteiger partial charge in [0.15, 0.2) is 0 Å². The van der Waals surface area contributed by atoms with Crippen molar-refractivity contribution in [1.82, 2.24) is 4.90 Å². The molecule has 18 heavy (non-hydrogen) atoms. The predicted molar refractivity (Wildman–Crippen MR) is 60.5 cm³/mol. The van der Waals surface area contributed by atoms with Gasteiger partial charge < -0.3 is 10.0 Å². The summed E-state index contributed by atoms with van der Waals surface area (Å²) in [6.07, 6.45) is 0.893. The second-order valence-electron chi connectivity index (χ2n) is 4.91. The lowest BCUT2D eigenvalue weighted by Crippen LogP contribution is -2.43. The number of hydrogen-bond acceptors (Lipinski definition) is 2. The van der Waals surface area contributed by atoms with Crippen LogP contribution in [0.15, 0.2) is 24.3 Å². The fourth-order valence-corrected chi connectivity index (χ4v) is 2.75. The number of piperidine rings is 1. The fraction of sp³-hybridized carbons (Fsp3) is 0.385. The van der Waals surface area contributed by atoms with E-state index < -0.39 is 17.8 Å². The molecular formula is C13H12FNO3. The first-order valence-electron chi connectivity index (χ1n) is 5.87. The smallest absolute Gasteiger partial charge is 0.326 e. The van der Waals surface area contributed by atoms with Crippen LogP contribution in [0.4, 0.5) is 4.39 Å². The van der Waals surface area contributed by atoms with E-state index in [0.717, 1.165) is 6.42 Å². The molecule has 1 aliphatic carbocycles. The van der Waals surface area contributed by atoms with Crippen LogP contribution in [-0.2, 0) is 4.79 Å². The molecule has 1 N–H and O–H groups in total. The number of carboxylic acids is 1. The average Bonchev–Trinajstić information content (AvgIpc) is 2.99. The third kappa shape index (κ3) is 1.66. The van der Waals surface area contributed by atoms with Crippen molar-refractivity contribution in [1.29, 1.82) is 0 Å². The fourth-order valence-electron chi connectivity index (χ4n) is 2.75. The van der Waals surface area contributed by atoms with Crippen molar-refractivity contribution in [2.45, 2.75) is 12.5 Å². The van der Waals surface area contributed by atoms with Crippen LogP contribution in [0.1, 0.15) is 16.8 Å². The van der Waals surface area contributed by atoms with Gasteiger partial charge in [-0.05, 0) is 42.5 Å². The van der Waals surface area contributed by atoms with Crippen molar-refractivity contribution in [3.63, 3.8) is 0 Å². The average molecular weight is 249 g/mol. The van der Waals surface area contributed by atoms with E-state index in [2.05, 4.69) is 0 Å². The highest BCUT2D eigenvalue weighted by Gasteiger charge is 2.57. The number of carboxylic acid groups (broad SMARTS) is 1. The lowest BCUT2D eigenvalue weighted by atomic mass is 10.1. The topological polar surface area (TPSA) is 57.6 Å². The van der Waals surface area contributed by atoms with Gasteiger partial charge in [0.2, 0.25) is 0 Å². The van der Waals surface area contributed by atoms with Crippen molar-refractivity contribution < 1.29 is 19.1 Å². The van der Waals surface area contributed by atoms with Crippen LogP contribution in [0, 0.1) is 17.7 Å². The van der Waals surface area contributed by atoms with Gasteiger partial charge in [-0.25, -0.2) is 9.18 Å². The molecule has 1 saturated carbocycles. The molecule has 94 valence electrons. The minimum atomic E-state index is -0.949. The van der Waals surface area contributed by atoms with Gasteiger partial charge in [-0.3, -0.25) is 4.79 Å². The number of aliphatic carboxylic acids is 1. The molecule has 0 unspecified atom stereocenters. The van der Waals surface area contributed by atoms with Crippen molar-refractivity contribution in [3.8, 4) is 0 Å². The SMILES string of the molecule is O=C(O)[C@H]1[C@@H]2C[C@@H]2CN1C(=O)c1ccc(F)cc1. The maximum atomic E-state index is 12.8. The number of amides is 1. The van der Waals surface area contributed by atoms with Gasteiger partial charge in [0.25, 0.3) is 5.91 Å². The van der Waals surface area contributed by atoms with E-state index in [0.29, 0.717) is 18.0 Å². The summed E-state index contributed by atoms with van der Waals surface area (Å²) in [7, 11) is 0. The zero-order valence-electron chi connectivity index (χ0n) is 9.54. The molecule has 1 aliphatic heterocycles. The molecule has 1 heterocycles. The quantitative estimate of drug-likeness (QED) is 0.861. The van der Waals surface area contributed by atoms with E-state index in [1.54, 1.807) is 0 Å². The zero-order chi connectivity index (χ0) is 12.9. The lowest BCUT2D eigenvalue weighted by Gasteiger charge is -2.24. The van der Waals surface area contributed by atoms with Crippen molar-refractivity contribution in [3.05, 3.63) is 35.6 Å². The van der Waals surface area contributed by atoms with Crippen LogP contribution in [0.2, 0.25) is 0 Å². The van der Waals surface area contributed by atoms with E-state index in [9.17, 15) is 14.0 Å². The maximum absolute atomic E-state index is 12.8. The largest absolute Gasteiger partial charge is 0.480 e. The van der Waals surface area contributed by atoms with Gasteiger partial charge in [-0.1, -0.05) is 0 Å². The molecule has 1 saturated heterocycles. The van der Waals surface area contributed by atoms with Crippen LogP contribution >= 0.6 is 0 Å². The number of nitrogens with zero attached hydrogens (tertiary/aromatic N) is 1. The van der Waals surface area contributed by atoms with Crippen LogP contribution in [0.25, 0.3) is 0 Å². The molecule has 2 fully saturated rings. The Balaban J connectivity index is 1.84. The van der Waals surface area contributed by atoms with Crippen molar-refractivity contribution >= 4 is 11.9 Å². The van der Waals surface area contributed by atoms with Crippen LogP contribution in [0.3, 0.4) is 0 Å². The molecule has 0 radical (unpaired) electrons. The number of likely N-dealkylation sites (tertiary alicyclic amines) is 1. The van der Waals surface area contributed by atoms with Gasteiger partial charge in [-0.15, -0.1) is 0 Å². The predicted octanol–water partition coefficient (Wildman–Crippen LogP) is 1.37. The highest BCUT2D eigenvalue weighted by atomic mass is 19.1. The van der Waals surface area contributed by atoms with E-state index in [1.807, 2.05) is 0 Å².